The van der Waals surface area contributed by atoms with E-state index >= 15 is 0 Å². The van der Waals surface area contributed by atoms with Gasteiger partial charge in [-0.2, -0.15) is 34.8 Å². The largest absolute Gasteiger partial charge is 0.534 e. The molecule has 17 heavy (non-hydrogen) atoms. The van der Waals surface area contributed by atoms with Gasteiger partial charge in [0.15, 0.2) is 5.75 Å². The van der Waals surface area contributed by atoms with Gasteiger partial charge in [0.1, 0.15) is 4.88 Å². The Morgan fingerprint density at radius 2 is 1.65 bits per heavy atom. The molecule has 0 atom stereocenters. The first kappa shape index (κ1) is 14.1. The third-order valence-corrected chi connectivity index (χ3v) is 3.28. The zero-order valence-corrected chi connectivity index (χ0v) is 9.10. The van der Waals surface area contributed by atoms with Crippen LogP contribution < -0.4 is 4.18 Å². The van der Waals surface area contributed by atoms with Crippen molar-refractivity contribution in [1.29, 1.82) is 0 Å². The Balaban J connectivity index is 2.96. The molecular formula is C6H2F6O3S2. The SMILES string of the molecule is O=S(=O)(Oc1csc(C(F)(F)F)c1)C(F)(F)F. The Kier molecular flexibility index (Phi) is 3.36. The van der Waals surface area contributed by atoms with E-state index < -0.39 is 32.4 Å². The quantitative estimate of drug-likeness (QED) is 0.479. The third-order valence-electron chi connectivity index (χ3n) is 1.34. The van der Waals surface area contributed by atoms with Gasteiger partial charge in [-0.3, -0.25) is 0 Å². The summed E-state index contributed by atoms with van der Waals surface area (Å²) in [7, 11) is -5.94. The van der Waals surface area contributed by atoms with Crippen LogP contribution in [0.3, 0.4) is 0 Å². The van der Waals surface area contributed by atoms with Crippen LogP contribution in [-0.2, 0) is 16.3 Å². The van der Waals surface area contributed by atoms with E-state index in [2.05, 4.69) is 4.18 Å². The number of thiophene rings is 1. The van der Waals surface area contributed by atoms with Gasteiger partial charge in [0.2, 0.25) is 0 Å². The second-order valence-electron chi connectivity index (χ2n) is 2.63. The fourth-order valence-corrected chi connectivity index (χ4v) is 1.87. The van der Waals surface area contributed by atoms with Gasteiger partial charge in [-0.15, -0.1) is 11.3 Å². The van der Waals surface area contributed by atoms with Crippen LogP contribution in [0.5, 0.6) is 5.75 Å². The van der Waals surface area contributed by atoms with Crippen LogP contribution >= 0.6 is 11.3 Å². The van der Waals surface area contributed by atoms with Gasteiger partial charge >= 0.3 is 21.8 Å². The van der Waals surface area contributed by atoms with E-state index in [1.165, 1.54) is 0 Å². The fraction of sp³-hybridized carbons (Fsp3) is 0.333. The first-order valence-corrected chi connectivity index (χ1v) is 5.89. The molecule has 0 aliphatic carbocycles. The molecular weight excluding hydrogens is 298 g/mol. The van der Waals surface area contributed by atoms with E-state index in [0.29, 0.717) is 5.38 Å². The molecule has 0 bridgehead atoms. The highest BCUT2D eigenvalue weighted by atomic mass is 32.2. The predicted octanol–water partition coefficient (Wildman–Crippen LogP) is 3.00. The van der Waals surface area contributed by atoms with Gasteiger partial charge in [-0.25, -0.2) is 0 Å². The highest BCUT2D eigenvalue weighted by Crippen LogP contribution is 2.37. The monoisotopic (exact) mass is 300 g/mol. The number of halogens is 6. The number of hydrogen-bond acceptors (Lipinski definition) is 4. The summed E-state index contributed by atoms with van der Waals surface area (Å²) >= 11 is 0.0260. The van der Waals surface area contributed by atoms with E-state index in [4.69, 9.17) is 0 Å². The lowest BCUT2D eigenvalue weighted by Gasteiger charge is -2.07. The minimum Gasteiger partial charge on any atom is -0.375 e. The van der Waals surface area contributed by atoms with Gasteiger partial charge in [-0.05, 0) is 0 Å². The second-order valence-corrected chi connectivity index (χ2v) is 5.08. The molecule has 1 rings (SSSR count). The molecule has 0 unspecified atom stereocenters. The van der Waals surface area contributed by atoms with Crippen molar-refractivity contribution >= 4 is 21.5 Å². The molecule has 0 amide bonds. The number of alkyl halides is 6. The zero-order chi connectivity index (χ0) is 13.5. The fourth-order valence-electron chi connectivity index (χ4n) is 0.685. The van der Waals surface area contributed by atoms with Gasteiger partial charge in [0.05, 0.1) is 0 Å². The molecule has 1 aromatic heterocycles. The Morgan fingerprint density at radius 1 is 1.12 bits per heavy atom. The molecule has 0 radical (unpaired) electrons. The lowest BCUT2D eigenvalue weighted by Crippen LogP contribution is -2.27. The summed E-state index contributed by atoms with van der Waals surface area (Å²) in [4.78, 5) is -1.26. The topological polar surface area (TPSA) is 43.4 Å². The first-order valence-electron chi connectivity index (χ1n) is 3.60. The summed E-state index contributed by atoms with van der Waals surface area (Å²) in [6, 6.07) is 0.175. The molecule has 11 heteroatoms. The summed E-state index contributed by atoms with van der Waals surface area (Å²) in [5.74, 6) is -1.03. The molecule has 0 spiro atoms. The lowest BCUT2D eigenvalue weighted by molar-refractivity contribution is -0.134. The highest BCUT2D eigenvalue weighted by Gasteiger charge is 2.48. The van der Waals surface area contributed by atoms with Crippen molar-refractivity contribution in [3.8, 4) is 5.75 Å². The van der Waals surface area contributed by atoms with E-state index in [0.717, 1.165) is 0 Å². The molecule has 0 N–H and O–H groups in total. The average molecular weight is 300 g/mol. The van der Waals surface area contributed by atoms with Crippen LogP contribution in [0.1, 0.15) is 4.88 Å². The van der Waals surface area contributed by atoms with Crippen LogP contribution in [0, 0.1) is 0 Å². The molecule has 3 nitrogen and oxygen atoms in total. The van der Waals surface area contributed by atoms with Crippen molar-refractivity contribution in [2.75, 3.05) is 0 Å². The molecule has 0 aromatic carbocycles. The Labute approximate surface area is 94.7 Å². The summed E-state index contributed by atoms with van der Waals surface area (Å²) in [5.41, 5.74) is -5.69. The highest BCUT2D eigenvalue weighted by molar-refractivity contribution is 7.88. The minimum atomic E-state index is -5.94. The molecule has 0 fully saturated rings. The number of hydrogen-bond donors (Lipinski definition) is 0. The van der Waals surface area contributed by atoms with Crippen molar-refractivity contribution in [3.05, 3.63) is 16.3 Å². The maximum atomic E-state index is 12.1. The smallest absolute Gasteiger partial charge is 0.375 e. The predicted molar refractivity (Wildman–Crippen MR) is 44.9 cm³/mol. The first-order chi connectivity index (χ1) is 7.43. The van der Waals surface area contributed by atoms with Crippen LogP contribution in [0.2, 0.25) is 0 Å². The Morgan fingerprint density at radius 3 is 2.00 bits per heavy atom. The van der Waals surface area contributed by atoms with Crippen LogP contribution in [0.15, 0.2) is 11.4 Å². The van der Waals surface area contributed by atoms with Crippen molar-refractivity contribution in [2.45, 2.75) is 11.7 Å². The maximum absolute atomic E-state index is 12.1. The van der Waals surface area contributed by atoms with Gasteiger partial charge < -0.3 is 4.18 Å². The van der Waals surface area contributed by atoms with Crippen LogP contribution in [-0.4, -0.2) is 13.9 Å². The van der Waals surface area contributed by atoms with Crippen LogP contribution in [0.4, 0.5) is 26.3 Å². The Bertz CT molecular complexity index is 497. The standard InChI is InChI=1S/C6H2F6O3S2/c7-5(8,9)4-1-3(2-16-4)15-17(13,14)6(10,11)12/h1-2H. The van der Waals surface area contributed by atoms with Gasteiger partial charge in [0, 0.05) is 11.4 Å². The summed E-state index contributed by atoms with van der Waals surface area (Å²) in [6.45, 7) is 0. The number of rotatable bonds is 2. The van der Waals surface area contributed by atoms with Crippen molar-refractivity contribution in [3.63, 3.8) is 0 Å². The molecule has 0 aliphatic heterocycles. The van der Waals surface area contributed by atoms with E-state index in [9.17, 15) is 34.8 Å². The summed E-state index contributed by atoms with van der Waals surface area (Å²) < 4.78 is 96.1. The van der Waals surface area contributed by atoms with Crippen molar-refractivity contribution in [2.24, 2.45) is 0 Å². The summed E-state index contributed by atoms with van der Waals surface area (Å²) in [5, 5.41) is 0.520. The molecule has 1 aromatic rings. The van der Waals surface area contributed by atoms with Crippen molar-refractivity contribution < 1.29 is 38.9 Å². The molecule has 0 saturated carbocycles. The zero-order valence-electron chi connectivity index (χ0n) is 7.46. The van der Waals surface area contributed by atoms with E-state index in [1.54, 1.807) is 0 Å². The molecule has 1 heterocycles. The lowest BCUT2D eigenvalue weighted by atomic mass is 10.4. The average Bonchev–Trinajstić information content (AvgIpc) is 2.48. The van der Waals surface area contributed by atoms with Crippen molar-refractivity contribution in [1.82, 2.24) is 0 Å². The van der Waals surface area contributed by atoms with Crippen LogP contribution in [0.25, 0.3) is 0 Å². The van der Waals surface area contributed by atoms with Gasteiger partial charge in [0.25, 0.3) is 0 Å². The normalized spacial score (nSPS) is 13.8. The molecule has 98 valence electrons. The maximum Gasteiger partial charge on any atom is 0.534 e. The Hall–Kier alpha value is -0.970. The van der Waals surface area contributed by atoms with E-state index in [1.807, 2.05) is 0 Å². The van der Waals surface area contributed by atoms with E-state index in [-0.39, 0.29) is 17.4 Å². The minimum absolute atomic E-state index is 0.0260. The summed E-state index contributed by atoms with van der Waals surface area (Å²) in [6.07, 6.45) is -4.77. The molecule has 0 aliphatic rings. The molecule has 0 saturated heterocycles. The van der Waals surface area contributed by atoms with Gasteiger partial charge in [-0.1, -0.05) is 0 Å². The third kappa shape index (κ3) is 3.25. The second kappa shape index (κ2) is 4.05.